The highest BCUT2D eigenvalue weighted by Gasteiger charge is 2.10. The molecule has 4 heteroatoms. The van der Waals surface area contributed by atoms with Crippen molar-refractivity contribution in [2.75, 3.05) is 0 Å². The molecule has 0 aliphatic carbocycles. The highest BCUT2D eigenvalue weighted by molar-refractivity contribution is 7.10. The summed E-state index contributed by atoms with van der Waals surface area (Å²) in [7, 11) is 0. The van der Waals surface area contributed by atoms with Gasteiger partial charge in [0.15, 0.2) is 0 Å². The van der Waals surface area contributed by atoms with Crippen LogP contribution in [0.25, 0.3) is 0 Å². The molecule has 1 amide bonds. The van der Waals surface area contributed by atoms with Crippen molar-refractivity contribution in [2.24, 2.45) is 0 Å². The lowest BCUT2D eigenvalue weighted by Crippen LogP contribution is -2.26. The number of amides is 1. The zero-order valence-corrected chi connectivity index (χ0v) is 9.88. The zero-order chi connectivity index (χ0) is 11.3. The molecule has 0 fully saturated rings. The molecule has 3 nitrogen and oxygen atoms in total. The summed E-state index contributed by atoms with van der Waals surface area (Å²) in [4.78, 5) is 12.6. The Morgan fingerprint density at radius 2 is 2.33 bits per heavy atom. The third-order valence-electron chi connectivity index (χ3n) is 2.14. The molecule has 0 aliphatic heterocycles. The van der Waals surface area contributed by atoms with Crippen LogP contribution in [0.2, 0.25) is 0 Å². The van der Waals surface area contributed by atoms with Crippen molar-refractivity contribution < 1.29 is 9.90 Å². The molecular formula is C11H17NO2S. The van der Waals surface area contributed by atoms with Gasteiger partial charge in [-0.1, -0.05) is 6.07 Å². The SMILES string of the molecule is CC(O)CCC(=O)N[C@@H](C)c1cccs1. The van der Waals surface area contributed by atoms with E-state index in [0.717, 1.165) is 4.88 Å². The van der Waals surface area contributed by atoms with E-state index in [1.54, 1.807) is 18.3 Å². The summed E-state index contributed by atoms with van der Waals surface area (Å²) in [6.07, 6.45) is 0.490. The lowest BCUT2D eigenvalue weighted by molar-refractivity contribution is -0.122. The number of aliphatic hydroxyl groups excluding tert-OH is 1. The van der Waals surface area contributed by atoms with E-state index in [0.29, 0.717) is 12.8 Å². The van der Waals surface area contributed by atoms with Crippen LogP contribution >= 0.6 is 11.3 Å². The summed E-state index contributed by atoms with van der Waals surface area (Å²) in [5.41, 5.74) is 0. The maximum Gasteiger partial charge on any atom is 0.220 e. The van der Waals surface area contributed by atoms with E-state index in [1.165, 1.54) is 0 Å². The predicted octanol–water partition coefficient (Wildman–Crippen LogP) is 2.09. The van der Waals surface area contributed by atoms with Crippen LogP contribution in [0.4, 0.5) is 0 Å². The van der Waals surface area contributed by atoms with Crippen LogP contribution in [0.3, 0.4) is 0 Å². The van der Waals surface area contributed by atoms with Gasteiger partial charge in [-0.15, -0.1) is 11.3 Å². The molecule has 2 atom stereocenters. The first-order valence-electron chi connectivity index (χ1n) is 5.10. The van der Waals surface area contributed by atoms with Gasteiger partial charge in [0.05, 0.1) is 12.1 Å². The van der Waals surface area contributed by atoms with Crippen molar-refractivity contribution in [2.45, 2.75) is 38.8 Å². The van der Waals surface area contributed by atoms with Crippen LogP contribution in [0.5, 0.6) is 0 Å². The highest BCUT2D eigenvalue weighted by atomic mass is 32.1. The van der Waals surface area contributed by atoms with E-state index >= 15 is 0 Å². The van der Waals surface area contributed by atoms with E-state index in [4.69, 9.17) is 5.11 Å². The van der Waals surface area contributed by atoms with Crippen molar-refractivity contribution >= 4 is 17.2 Å². The molecule has 2 N–H and O–H groups in total. The summed E-state index contributed by atoms with van der Waals surface area (Å²) in [6, 6.07) is 4.04. The summed E-state index contributed by atoms with van der Waals surface area (Å²) < 4.78 is 0. The van der Waals surface area contributed by atoms with Gasteiger partial charge in [0, 0.05) is 11.3 Å². The standard InChI is InChI=1S/C11H17NO2S/c1-8(13)5-6-11(14)12-9(2)10-4-3-7-15-10/h3-4,7-9,13H,5-6H2,1-2H3,(H,12,14)/t8?,9-/m0/s1. The van der Waals surface area contributed by atoms with Crippen molar-refractivity contribution in [3.63, 3.8) is 0 Å². The third kappa shape index (κ3) is 4.44. The summed E-state index contributed by atoms with van der Waals surface area (Å²) in [5, 5.41) is 13.9. The highest BCUT2D eigenvalue weighted by Crippen LogP contribution is 2.18. The molecule has 1 aromatic rings. The van der Waals surface area contributed by atoms with Crippen molar-refractivity contribution in [3.05, 3.63) is 22.4 Å². The Morgan fingerprint density at radius 3 is 2.87 bits per heavy atom. The zero-order valence-electron chi connectivity index (χ0n) is 9.06. The molecule has 0 saturated carbocycles. The fraction of sp³-hybridized carbons (Fsp3) is 0.545. The minimum Gasteiger partial charge on any atom is -0.393 e. The second-order valence-corrected chi connectivity index (χ2v) is 4.67. The van der Waals surface area contributed by atoms with E-state index < -0.39 is 6.10 Å². The molecule has 1 unspecified atom stereocenters. The first kappa shape index (κ1) is 12.2. The van der Waals surface area contributed by atoms with Crippen LogP contribution in [0.1, 0.15) is 37.6 Å². The fourth-order valence-corrected chi connectivity index (χ4v) is 2.00. The number of thiophene rings is 1. The fourth-order valence-electron chi connectivity index (χ4n) is 1.26. The van der Waals surface area contributed by atoms with Gasteiger partial charge in [0.1, 0.15) is 0 Å². The molecule has 84 valence electrons. The Morgan fingerprint density at radius 1 is 1.60 bits per heavy atom. The average Bonchev–Trinajstić information content (AvgIpc) is 2.67. The number of carbonyl (C=O) groups excluding carboxylic acids is 1. The summed E-state index contributed by atoms with van der Waals surface area (Å²) >= 11 is 1.63. The van der Waals surface area contributed by atoms with Crippen LogP contribution in [-0.2, 0) is 4.79 Å². The number of nitrogens with one attached hydrogen (secondary N) is 1. The number of hydrogen-bond donors (Lipinski definition) is 2. The molecule has 0 bridgehead atoms. The molecule has 0 aliphatic rings. The largest absolute Gasteiger partial charge is 0.393 e. The maximum atomic E-state index is 11.4. The van der Waals surface area contributed by atoms with Crippen LogP contribution in [0.15, 0.2) is 17.5 Å². The van der Waals surface area contributed by atoms with Crippen LogP contribution in [-0.4, -0.2) is 17.1 Å². The Balaban J connectivity index is 2.32. The molecule has 1 heterocycles. The minimum atomic E-state index is -0.409. The van der Waals surface area contributed by atoms with Gasteiger partial charge < -0.3 is 10.4 Å². The molecule has 0 spiro atoms. The molecule has 0 saturated heterocycles. The second-order valence-electron chi connectivity index (χ2n) is 3.69. The molecule has 1 aromatic heterocycles. The number of carbonyl (C=O) groups is 1. The monoisotopic (exact) mass is 227 g/mol. The molecule has 1 rings (SSSR count). The third-order valence-corrected chi connectivity index (χ3v) is 3.19. The van der Waals surface area contributed by atoms with Crippen LogP contribution < -0.4 is 5.32 Å². The first-order valence-corrected chi connectivity index (χ1v) is 5.98. The second kappa shape index (κ2) is 5.88. The Labute approximate surface area is 94.1 Å². The average molecular weight is 227 g/mol. The maximum absolute atomic E-state index is 11.4. The van der Waals surface area contributed by atoms with Gasteiger partial charge in [0.2, 0.25) is 5.91 Å². The van der Waals surface area contributed by atoms with E-state index in [-0.39, 0.29) is 11.9 Å². The van der Waals surface area contributed by atoms with Gasteiger partial charge in [-0.3, -0.25) is 4.79 Å². The van der Waals surface area contributed by atoms with Crippen molar-refractivity contribution in [3.8, 4) is 0 Å². The van der Waals surface area contributed by atoms with E-state index in [2.05, 4.69) is 5.32 Å². The summed E-state index contributed by atoms with van der Waals surface area (Å²) in [5.74, 6) is -0.00296. The Bertz CT molecular complexity index is 296. The number of hydrogen-bond acceptors (Lipinski definition) is 3. The first-order chi connectivity index (χ1) is 7.09. The molecule has 15 heavy (non-hydrogen) atoms. The lowest BCUT2D eigenvalue weighted by atomic mass is 10.2. The van der Waals surface area contributed by atoms with Gasteiger partial charge >= 0.3 is 0 Å². The topological polar surface area (TPSA) is 49.3 Å². The Kier molecular flexibility index (Phi) is 4.78. The normalized spacial score (nSPS) is 14.6. The van der Waals surface area contributed by atoms with E-state index in [1.807, 2.05) is 24.4 Å². The van der Waals surface area contributed by atoms with E-state index in [9.17, 15) is 4.79 Å². The number of aliphatic hydroxyl groups is 1. The molecule has 0 aromatic carbocycles. The predicted molar refractivity (Wildman–Crippen MR) is 61.8 cm³/mol. The van der Waals surface area contributed by atoms with Crippen molar-refractivity contribution in [1.29, 1.82) is 0 Å². The van der Waals surface area contributed by atoms with Gasteiger partial charge in [-0.25, -0.2) is 0 Å². The number of rotatable bonds is 5. The van der Waals surface area contributed by atoms with Gasteiger partial charge in [0.25, 0.3) is 0 Å². The molecular weight excluding hydrogens is 210 g/mol. The van der Waals surface area contributed by atoms with Crippen LogP contribution in [0, 0.1) is 0 Å². The molecule has 0 radical (unpaired) electrons. The smallest absolute Gasteiger partial charge is 0.220 e. The quantitative estimate of drug-likeness (QED) is 0.809. The lowest BCUT2D eigenvalue weighted by Gasteiger charge is -2.12. The minimum absolute atomic E-state index is 0.00296. The van der Waals surface area contributed by atoms with Gasteiger partial charge in [-0.05, 0) is 31.7 Å². The van der Waals surface area contributed by atoms with Gasteiger partial charge in [-0.2, -0.15) is 0 Å². The van der Waals surface area contributed by atoms with Crippen molar-refractivity contribution in [1.82, 2.24) is 5.32 Å². The summed E-state index contributed by atoms with van der Waals surface area (Å²) in [6.45, 7) is 3.65. The Hall–Kier alpha value is -0.870.